The Morgan fingerprint density at radius 3 is 0.862 bits per heavy atom. The van der Waals surface area contributed by atoms with E-state index in [1.54, 1.807) is 0 Å². The largest absolute Gasteiger partial charge is 0.464 e. The maximum Gasteiger partial charge on any atom is 0.323 e. The van der Waals surface area contributed by atoms with Gasteiger partial charge in [-0.3, -0.25) is 19.2 Å². The topological polar surface area (TPSA) is 105 Å². The van der Waals surface area contributed by atoms with Crippen LogP contribution >= 0.6 is 46.4 Å². The summed E-state index contributed by atoms with van der Waals surface area (Å²) in [6.45, 7) is 3.80. The van der Waals surface area contributed by atoms with Gasteiger partial charge in [-0.1, -0.05) is 0 Å². The minimum absolute atomic E-state index is 0.444. The first-order valence-corrected chi connectivity index (χ1v) is 10.3. The van der Waals surface area contributed by atoms with Crippen molar-refractivity contribution in [3.05, 3.63) is 0 Å². The van der Waals surface area contributed by atoms with Crippen molar-refractivity contribution >= 4 is 70.3 Å². The number of rotatable bonds is 12. The predicted molar refractivity (Wildman–Crippen MR) is 108 cm³/mol. The van der Waals surface area contributed by atoms with Gasteiger partial charge >= 0.3 is 23.9 Å². The average Bonchev–Trinajstić information content (AvgIpc) is 2.64. The Kier molecular flexibility index (Phi) is 12.9. The summed E-state index contributed by atoms with van der Waals surface area (Å²) in [7, 11) is 0. The van der Waals surface area contributed by atoms with Gasteiger partial charge in [0.25, 0.3) is 0 Å². The number of hydrogen-bond acceptors (Lipinski definition) is 8. The molecule has 0 spiro atoms. The van der Waals surface area contributed by atoms with Gasteiger partial charge in [-0.2, -0.15) is 0 Å². The molecule has 4 atom stereocenters. The van der Waals surface area contributed by atoms with Crippen LogP contribution in [-0.4, -0.2) is 71.8 Å². The van der Waals surface area contributed by atoms with Crippen molar-refractivity contribution in [2.45, 2.75) is 49.2 Å². The second-order valence-corrected chi connectivity index (χ2v) is 9.01. The van der Waals surface area contributed by atoms with Crippen LogP contribution in [0.15, 0.2) is 0 Å². The van der Waals surface area contributed by atoms with E-state index in [9.17, 15) is 19.2 Å². The van der Waals surface area contributed by atoms with E-state index < -0.39 is 77.2 Å². The van der Waals surface area contributed by atoms with E-state index in [-0.39, 0.29) is 0 Å². The minimum Gasteiger partial charge on any atom is -0.464 e. The second-order valence-electron chi connectivity index (χ2n) is 6.39. The molecule has 12 heteroatoms. The number of carbonyl (C=O) groups excluding carboxylic acids is 4. The highest BCUT2D eigenvalue weighted by Crippen LogP contribution is 2.23. The molecule has 0 aliphatic carbocycles. The Morgan fingerprint density at radius 1 is 0.552 bits per heavy atom. The molecule has 0 N–H and O–H groups in total. The molecule has 29 heavy (non-hydrogen) atoms. The van der Waals surface area contributed by atoms with E-state index >= 15 is 0 Å². The number of halogens is 4. The van der Waals surface area contributed by atoms with Gasteiger partial charge in [0.2, 0.25) is 0 Å². The van der Waals surface area contributed by atoms with Crippen LogP contribution in [0.4, 0.5) is 0 Å². The highest BCUT2D eigenvalue weighted by Gasteiger charge is 2.39. The normalized spacial score (nSPS) is 17.1. The van der Waals surface area contributed by atoms with Gasteiger partial charge in [0, 0.05) is 0 Å². The summed E-state index contributed by atoms with van der Waals surface area (Å²) in [4.78, 5) is 47.2. The van der Waals surface area contributed by atoms with Crippen LogP contribution in [-0.2, 0) is 38.1 Å². The molecule has 0 aliphatic rings. The van der Waals surface area contributed by atoms with Crippen LogP contribution in [0.3, 0.4) is 0 Å². The van der Waals surface area contributed by atoms with E-state index in [1.807, 2.05) is 0 Å². The molecule has 4 unspecified atom stereocenters. The Morgan fingerprint density at radius 2 is 0.724 bits per heavy atom. The molecule has 0 radical (unpaired) electrons. The number of hydrogen-bond donors (Lipinski definition) is 0. The summed E-state index contributed by atoms with van der Waals surface area (Å²) in [5.41, 5.74) is -1.44. The molecule has 0 heterocycles. The number of esters is 4. The first-order chi connectivity index (χ1) is 13.3. The maximum absolute atomic E-state index is 11.8. The lowest BCUT2D eigenvalue weighted by Crippen LogP contribution is -2.45. The molecular formula is C17H24Cl4O8. The predicted octanol–water partition coefficient (Wildman–Crippen LogP) is 2.65. The third kappa shape index (κ3) is 11.1. The van der Waals surface area contributed by atoms with Crippen LogP contribution in [0.1, 0.15) is 27.7 Å². The molecule has 0 aromatic carbocycles. The Balaban J connectivity index is 5.58. The maximum atomic E-state index is 11.8. The van der Waals surface area contributed by atoms with Crippen LogP contribution in [0.2, 0.25) is 0 Å². The van der Waals surface area contributed by atoms with Crippen LogP contribution in [0.25, 0.3) is 0 Å². The van der Waals surface area contributed by atoms with Crippen molar-refractivity contribution in [1.82, 2.24) is 0 Å². The SMILES string of the molecule is CC(Cl)C(=O)OCC(COC(=O)C(C)Cl)(COC(=O)C(C)Cl)COC(=O)C(C)Cl. The summed E-state index contributed by atoms with van der Waals surface area (Å²) < 4.78 is 20.4. The zero-order chi connectivity index (χ0) is 22.8. The fraction of sp³-hybridized carbons (Fsp3) is 0.765. The van der Waals surface area contributed by atoms with E-state index in [0.717, 1.165) is 0 Å². The lowest BCUT2D eigenvalue weighted by atomic mass is 9.92. The van der Waals surface area contributed by atoms with Crippen molar-refractivity contribution in [1.29, 1.82) is 0 Å². The molecule has 0 rings (SSSR count). The van der Waals surface area contributed by atoms with Crippen molar-refractivity contribution < 1.29 is 38.1 Å². The summed E-state index contributed by atoms with van der Waals surface area (Å²) in [6.07, 6.45) is 0. The summed E-state index contributed by atoms with van der Waals surface area (Å²) in [6, 6.07) is 0. The second kappa shape index (κ2) is 13.4. The molecule has 0 bridgehead atoms. The standard InChI is InChI=1S/C17H24Cl4O8/c1-9(18)13(22)26-5-17(6-27-14(23)10(2)19,7-28-15(24)11(3)20)8-29-16(25)12(4)21/h9-12H,5-8H2,1-4H3. The molecular weight excluding hydrogens is 474 g/mol. The molecule has 0 saturated heterocycles. The number of ether oxygens (including phenoxy) is 4. The van der Waals surface area contributed by atoms with Crippen LogP contribution < -0.4 is 0 Å². The van der Waals surface area contributed by atoms with Crippen molar-refractivity contribution in [3.8, 4) is 0 Å². The zero-order valence-electron chi connectivity index (χ0n) is 16.4. The quantitative estimate of drug-likeness (QED) is 0.230. The summed E-state index contributed by atoms with van der Waals surface area (Å²) in [5, 5.41) is -3.86. The van der Waals surface area contributed by atoms with Crippen molar-refractivity contribution in [2.75, 3.05) is 26.4 Å². The van der Waals surface area contributed by atoms with Gasteiger partial charge in [-0.25, -0.2) is 0 Å². The monoisotopic (exact) mass is 496 g/mol. The van der Waals surface area contributed by atoms with Gasteiger partial charge in [-0.15, -0.1) is 46.4 Å². The highest BCUT2D eigenvalue weighted by atomic mass is 35.5. The van der Waals surface area contributed by atoms with E-state index in [4.69, 9.17) is 65.4 Å². The lowest BCUT2D eigenvalue weighted by Gasteiger charge is -2.32. The third-order valence-corrected chi connectivity index (χ3v) is 4.09. The van der Waals surface area contributed by atoms with Gasteiger partial charge in [0.1, 0.15) is 53.4 Å². The molecule has 168 valence electrons. The minimum atomic E-state index is -1.44. The highest BCUT2D eigenvalue weighted by molar-refractivity contribution is 6.30. The first kappa shape index (κ1) is 28.0. The fourth-order valence-electron chi connectivity index (χ4n) is 1.61. The smallest absolute Gasteiger partial charge is 0.323 e. The first-order valence-electron chi connectivity index (χ1n) is 8.54. The summed E-state index contributed by atoms with van der Waals surface area (Å²) >= 11 is 22.7. The Labute approximate surface area is 189 Å². The molecule has 0 amide bonds. The lowest BCUT2D eigenvalue weighted by molar-refractivity contribution is -0.169. The number of alkyl halides is 4. The Hall–Kier alpha value is -0.960. The molecule has 0 aliphatic heterocycles. The van der Waals surface area contributed by atoms with Gasteiger partial charge in [0.05, 0.1) is 0 Å². The fourth-order valence-corrected chi connectivity index (χ4v) is 1.86. The van der Waals surface area contributed by atoms with Gasteiger partial charge in [-0.05, 0) is 27.7 Å². The number of carbonyl (C=O) groups is 4. The van der Waals surface area contributed by atoms with Crippen LogP contribution in [0, 0.1) is 5.41 Å². The van der Waals surface area contributed by atoms with Gasteiger partial charge < -0.3 is 18.9 Å². The van der Waals surface area contributed by atoms with Crippen LogP contribution in [0.5, 0.6) is 0 Å². The van der Waals surface area contributed by atoms with Crippen molar-refractivity contribution in [2.24, 2.45) is 5.41 Å². The molecule has 8 nitrogen and oxygen atoms in total. The average molecular weight is 498 g/mol. The zero-order valence-corrected chi connectivity index (χ0v) is 19.4. The molecule has 0 aromatic heterocycles. The Bertz CT molecular complexity index is 476. The van der Waals surface area contributed by atoms with E-state index in [2.05, 4.69) is 0 Å². The van der Waals surface area contributed by atoms with E-state index in [1.165, 1.54) is 27.7 Å². The third-order valence-electron chi connectivity index (χ3n) is 3.38. The molecule has 0 fully saturated rings. The summed E-state index contributed by atoms with van der Waals surface area (Å²) in [5.74, 6) is -3.10. The van der Waals surface area contributed by atoms with Crippen molar-refractivity contribution in [3.63, 3.8) is 0 Å². The molecule has 0 aromatic rings. The van der Waals surface area contributed by atoms with E-state index in [0.29, 0.717) is 0 Å². The molecule has 0 saturated carbocycles. The van der Waals surface area contributed by atoms with Gasteiger partial charge in [0.15, 0.2) is 0 Å².